The quantitative estimate of drug-likeness (QED) is 0.172. The molecule has 0 aromatic rings. The molecule has 0 spiro atoms. The van der Waals surface area contributed by atoms with E-state index >= 15 is 0 Å². The number of aliphatic hydroxyl groups is 8. The van der Waals surface area contributed by atoms with E-state index in [0.717, 1.165) is 0 Å². The van der Waals surface area contributed by atoms with Crippen LogP contribution < -0.4 is 0 Å². The summed E-state index contributed by atoms with van der Waals surface area (Å²) >= 11 is 3.62. The predicted molar refractivity (Wildman–Crippen MR) is 75.2 cm³/mol. The summed E-state index contributed by atoms with van der Waals surface area (Å²) in [5.41, 5.74) is 0. The zero-order chi connectivity index (χ0) is 17.7. The molecule has 11 heteroatoms. The number of ether oxygens (including phenoxy) is 2. The fourth-order valence-corrected chi connectivity index (χ4v) is 2.99. The summed E-state index contributed by atoms with van der Waals surface area (Å²) in [7, 11) is 0. The molecule has 9 atom stereocenters. The second-order valence-electron chi connectivity index (χ2n) is 5.94. The molecule has 8 N–H and O–H groups in total. The van der Waals surface area contributed by atoms with Gasteiger partial charge < -0.3 is 50.3 Å². The molecular weight excluding hydrogens is 336 g/mol. The summed E-state index contributed by atoms with van der Waals surface area (Å²) in [6.07, 6.45) is -16.5. The Morgan fingerprint density at radius 3 is 1.78 bits per heavy atom. The summed E-state index contributed by atoms with van der Waals surface area (Å²) in [6.45, 7) is 1.40. The Balaban J connectivity index is 2.15. The molecule has 1 aliphatic carbocycles. The fourth-order valence-electron chi connectivity index (χ4n) is 2.68. The lowest BCUT2D eigenvalue weighted by Crippen LogP contribution is -2.70. The average molecular weight is 358 g/mol. The smallest absolute Gasteiger partial charge is 0.187 e. The molecule has 0 bridgehead atoms. The Bertz CT molecular complexity index is 405. The van der Waals surface area contributed by atoms with Crippen molar-refractivity contribution in [1.82, 2.24) is 0 Å². The fraction of sp³-hybridized carbons (Fsp3) is 1.00. The molecule has 23 heavy (non-hydrogen) atoms. The summed E-state index contributed by atoms with van der Waals surface area (Å²) in [5.74, 6) is 0. The van der Waals surface area contributed by atoms with E-state index in [1.54, 1.807) is 0 Å². The van der Waals surface area contributed by atoms with Crippen LogP contribution in [0.2, 0.25) is 0 Å². The van der Waals surface area contributed by atoms with Crippen LogP contribution in [0.25, 0.3) is 0 Å². The monoisotopic (exact) mass is 358 g/mol. The number of aliphatic hydroxyl groups excluding tert-OH is 7. The van der Waals surface area contributed by atoms with Crippen LogP contribution in [0, 0.1) is 0 Å². The number of rotatable bonds is 2. The molecule has 10 nitrogen and oxygen atoms in total. The van der Waals surface area contributed by atoms with Gasteiger partial charge in [-0.2, -0.15) is 0 Å². The van der Waals surface area contributed by atoms with E-state index in [9.17, 15) is 40.9 Å². The molecule has 1 saturated carbocycles. The standard InChI is InChI=1S/C12H22O10S/c1-2-3(13)4(14)5(15)11(21-2)22-8-6(16)9(18)12(20,23)10(19)7(8)17/h2-11,13-20,23H,1H3/t2?,3-,4?,5?,6?,7?,8-,9?,10?,11-,12+/m0/s1. The first-order valence-corrected chi connectivity index (χ1v) is 7.47. The molecule has 0 radical (unpaired) electrons. The van der Waals surface area contributed by atoms with Gasteiger partial charge in [-0.3, -0.25) is 0 Å². The van der Waals surface area contributed by atoms with Gasteiger partial charge in [0, 0.05) is 0 Å². The Morgan fingerprint density at radius 2 is 1.30 bits per heavy atom. The molecule has 2 rings (SSSR count). The van der Waals surface area contributed by atoms with Gasteiger partial charge in [-0.25, -0.2) is 0 Å². The van der Waals surface area contributed by atoms with Crippen molar-refractivity contribution in [3.05, 3.63) is 0 Å². The first-order chi connectivity index (χ1) is 10.5. The summed E-state index contributed by atoms with van der Waals surface area (Å²) in [4.78, 5) is -2.48. The van der Waals surface area contributed by atoms with Crippen molar-refractivity contribution in [1.29, 1.82) is 0 Å². The number of hydrogen-bond donors (Lipinski definition) is 9. The van der Waals surface area contributed by atoms with Crippen molar-refractivity contribution >= 4 is 12.6 Å². The maximum absolute atomic E-state index is 9.96. The molecular formula is C12H22O10S. The van der Waals surface area contributed by atoms with Gasteiger partial charge in [0.15, 0.2) is 11.2 Å². The van der Waals surface area contributed by atoms with Crippen molar-refractivity contribution in [2.24, 2.45) is 0 Å². The summed E-state index contributed by atoms with van der Waals surface area (Å²) < 4.78 is 10.3. The first-order valence-electron chi connectivity index (χ1n) is 7.02. The minimum atomic E-state index is -2.48. The number of hydrogen-bond acceptors (Lipinski definition) is 11. The van der Waals surface area contributed by atoms with Crippen LogP contribution >= 0.6 is 12.6 Å². The van der Waals surface area contributed by atoms with Gasteiger partial charge in [-0.05, 0) is 6.92 Å². The van der Waals surface area contributed by atoms with Crippen LogP contribution in [0.3, 0.4) is 0 Å². The van der Waals surface area contributed by atoms with Crippen molar-refractivity contribution in [3.8, 4) is 0 Å². The summed E-state index contributed by atoms with van der Waals surface area (Å²) in [6, 6.07) is 0. The molecule has 0 aromatic heterocycles. The highest BCUT2D eigenvalue weighted by atomic mass is 32.1. The minimum absolute atomic E-state index is 0.923. The molecule has 0 aromatic carbocycles. The Morgan fingerprint density at radius 1 is 0.826 bits per heavy atom. The Kier molecular flexibility index (Phi) is 5.61. The van der Waals surface area contributed by atoms with E-state index < -0.39 is 66.2 Å². The van der Waals surface area contributed by atoms with E-state index in [1.807, 2.05) is 0 Å². The van der Waals surface area contributed by atoms with Crippen molar-refractivity contribution in [2.75, 3.05) is 0 Å². The van der Waals surface area contributed by atoms with Crippen molar-refractivity contribution in [3.63, 3.8) is 0 Å². The van der Waals surface area contributed by atoms with Crippen LogP contribution in [0.5, 0.6) is 0 Å². The van der Waals surface area contributed by atoms with Gasteiger partial charge >= 0.3 is 0 Å². The third kappa shape index (κ3) is 3.24. The van der Waals surface area contributed by atoms with E-state index in [4.69, 9.17) is 9.47 Å². The van der Waals surface area contributed by atoms with Crippen LogP contribution in [-0.2, 0) is 9.47 Å². The normalized spacial score (nSPS) is 58.2. The second kappa shape index (κ2) is 6.69. The van der Waals surface area contributed by atoms with E-state index in [2.05, 4.69) is 12.6 Å². The van der Waals surface area contributed by atoms with Gasteiger partial charge in [0.05, 0.1) is 6.10 Å². The lowest BCUT2D eigenvalue weighted by atomic mass is 9.84. The van der Waals surface area contributed by atoms with Crippen LogP contribution in [0.4, 0.5) is 0 Å². The van der Waals surface area contributed by atoms with Crippen molar-refractivity contribution < 1.29 is 50.3 Å². The molecule has 1 saturated heterocycles. The highest BCUT2D eigenvalue weighted by Gasteiger charge is 2.58. The first kappa shape index (κ1) is 19.3. The molecule has 7 unspecified atom stereocenters. The second-order valence-corrected chi connectivity index (χ2v) is 6.65. The summed E-state index contributed by atoms with van der Waals surface area (Å²) in [5, 5.41) is 78.4. The minimum Gasteiger partial charge on any atom is -0.388 e. The molecule has 0 amide bonds. The van der Waals surface area contributed by atoms with Crippen LogP contribution in [0.1, 0.15) is 6.92 Å². The van der Waals surface area contributed by atoms with E-state index in [0.29, 0.717) is 0 Å². The molecule has 2 fully saturated rings. The van der Waals surface area contributed by atoms with Crippen LogP contribution in [0.15, 0.2) is 0 Å². The largest absolute Gasteiger partial charge is 0.388 e. The average Bonchev–Trinajstić information content (AvgIpc) is 2.50. The zero-order valence-electron chi connectivity index (χ0n) is 12.1. The SMILES string of the molecule is CC1O[C@@H](O[C@H]2C(O)C(O)[C@@](O)(S)C(O)C2O)C(O)C(O)[C@H]1O. The highest BCUT2D eigenvalue weighted by molar-refractivity contribution is 7.81. The molecule has 1 aliphatic heterocycles. The topological polar surface area (TPSA) is 180 Å². The Labute approximate surface area is 136 Å². The van der Waals surface area contributed by atoms with Crippen LogP contribution in [-0.4, -0.2) is 107 Å². The maximum Gasteiger partial charge on any atom is 0.187 e. The number of thiol groups is 1. The maximum atomic E-state index is 9.96. The van der Waals surface area contributed by atoms with Gasteiger partial charge in [0.25, 0.3) is 0 Å². The van der Waals surface area contributed by atoms with Gasteiger partial charge in [0.2, 0.25) is 0 Å². The van der Waals surface area contributed by atoms with E-state index in [-0.39, 0.29) is 0 Å². The van der Waals surface area contributed by atoms with Gasteiger partial charge in [-0.15, -0.1) is 12.6 Å². The third-order valence-corrected chi connectivity index (χ3v) is 4.82. The van der Waals surface area contributed by atoms with Gasteiger partial charge in [0.1, 0.15) is 48.8 Å². The van der Waals surface area contributed by atoms with E-state index in [1.165, 1.54) is 6.92 Å². The lowest BCUT2D eigenvalue weighted by Gasteiger charge is -2.48. The predicted octanol–water partition coefficient (Wildman–Crippen LogP) is -4.73. The van der Waals surface area contributed by atoms with Crippen molar-refractivity contribution in [2.45, 2.75) is 73.1 Å². The molecule has 136 valence electrons. The highest BCUT2D eigenvalue weighted by Crippen LogP contribution is 2.35. The third-order valence-electron chi connectivity index (χ3n) is 4.29. The van der Waals surface area contributed by atoms with Gasteiger partial charge in [-0.1, -0.05) is 0 Å². The molecule has 1 heterocycles. The Hall–Kier alpha value is -0.0500. The zero-order valence-corrected chi connectivity index (χ0v) is 13.0. The molecule has 2 aliphatic rings. The lowest BCUT2D eigenvalue weighted by molar-refractivity contribution is -0.336.